The minimum atomic E-state index is -0.963. The van der Waals surface area contributed by atoms with Gasteiger partial charge in [0.1, 0.15) is 5.75 Å². The summed E-state index contributed by atoms with van der Waals surface area (Å²) in [7, 11) is 0. The van der Waals surface area contributed by atoms with Gasteiger partial charge in [-0.25, -0.2) is 4.79 Å². The highest BCUT2D eigenvalue weighted by Crippen LogP contribution is 2.24. The molecular weight excluding hydrogens is 356 g/mol. The molecule has 0 aliphatic heterocycles. The van der Waals surface area contributed by atoms with Crippen molar-refractivity contribution in [2.45, 2.75) is 26.4 Å². The van der Waals surface area contributed by atoms with Gasteiger partial charge in [-0.2, -0.15) is 0 Å². The Morgan fingerprint density at radius 1 is 1.07 bits per heavy atom. The third-order valence-corrected chi connectivity index (χ3v) is 5.32. The van der Waals surface area contributed by atoms with Crippen LogP contribution >= 0.6 is 11.3 Å². The van der Waals surface area contributed by atoms with Crippen molar-refractivity contribution in [1.29, 1.82) is 0 Å². The first-order chi connectivity index (χ1) is 13.0. The van der Waals surface area contributed by atoms with Crippen LogP contribution in [0.25, 0.3) is 12.2 Å². The molecule has 2 aromatic carbocycles. The van der Waals surface area contributed by atoms with Crippen LogP contribution in [-0.4, -0.2) is 17.2 Å². The van der Waals surface area contributed by atoms with E-state index in [0.717, 1.165) is 16.7 Å². The number of hydrogen-bond donors (Lipinski definition) is 1. The van der Waals surface area contributed by atoms with Gasteiger partial charge in [-0.3, -0.25) is 0 Å². The zero-order chi connectivity index (χ0) is 19.2. The smallest absolute Gasteiger partial charge is 0.345 e. The van der Waals surface area contributed by atoms with Gasteiger partial charge < -0.3 is 9.84 Å². The first kappa shape index (κ1) is 18.9. The zero-order valence-electron chi connectivity index (χ0n) is 15.4. The van der Waals surface area contributed by atoms with Crippen LogP contribution in [-0.2, 0) is 11.2 Å². The Hall–Kier alpha value is -2.85. The summed E-state index contributed by atoms with van der Waals surface area (Å²) in [6.07, 6.45) is 3.58. The van der Waals surface area contributed by atoms with E-state index in [1.807, 2.05) is 55.5 Å². The second-order valence-electron chi connectivity index (χ2n) is 6.46. The Labute approximate surface area is 163 Å². The molecule has 0 saturated heterocycles. The minimum Gasteiger partial charge on any atom is -0.478 e. The molecule has 0 bridgehead atoms. The molecule has 27 heavy (non-hydrogen) atoms. The molecule has 0 saturated carbocycles. The third kappa shape index (κ3) is 5.08. The molecule has 1 N–H and O–H groups in total. The lowest BCUT2D eigenvalue weighted by Crippen LogP contribution is -2.29. The number of carboxylic acids is 1. The number of thiophene rings is 1. The van der Waals surface area contributed by atoms with E-state index < -0.39 is 12.1 Å². The van der Waals surface area contributed by atoms with Crippen LogP contribution in [0.3, 0.4) is 0 Å². The molecule has 0 fully saturated rings. The highest BCUT2D eigenvalue weighted by molar-refractivity contribution is 7.11. The van der Waals surface area contributed by atoms with Gasteiger partial charge in [0.15, 0.2) is 6.10 Å². The van der Waals surface area contributed by atoms with E-state index in [4.69, 9.17) is 4.74 Å². The van der Waals surface area contributed by atoms with Crippen molar-refractivity contribution in [3.63, 3.8) is 0 Å². The summed E-state index contributed by atoms with van der Waals surface area (Å²) in [4.78, 5) is 12.9. The molecule has 3 nitrogen and oxygen atoms in total. The number of benzene rings is 2. The standard InChI is InChI=1S/C23H22O3S/c1-16-12-13-27-22(16)11-9-19-8-10-20(17(2)14-19)26-21(23(24)25)15-18-6-4-3-5-7-18/h3-14,21H,15H2,1-2H3,(H,24,25)/b11-9+. The van der Waals surface area contributed by atoms with Gasteiger partial charge in [0.25, 0.3) is 0 Å². The molecule has 1 aromatic heterocycles. The van der Waals surface area contributed by atoms with Crippen LogP contribution in [0, 0.1) is 13.8 Å². The van der Waals surface area contributed by atoms with E-state index in [1.165, 1.54) is 10.4 Å². The van der Waals surface area contributed by atoms with Crippen molar-refractivity contribution >= 4 is 29.5 Å². The second kappa shape index (κ2) is 8.69. The van der Waals surface area contributed by atoms with Crippen LogP contribution in [0.15, 0.2) is 60.0 Å². The van der Waals surface area contributed by atoms with E-state index in [1.54, 1.807) is 11.3 Å². The molecule has 1 unspecified atom stereocenters. The number of aliphatic carboxylic acids is 1. The number of carbonyl (C=O) groups is 1. The van der Waals surface area contributed by atoms with Crippen LogP contribution in [0.1, 0.15) is 27.1 Å². The van der Waals surface area contributed by atoms with Crippen molar-refractivity contribution in [2.75, 3.05) is 0 Å². The summed E-state index contributed by atoms with van der Waals surface area (Å²) in [5.74, 6) is -0.363. The van der Waals surface area contributed by atoms with Crippen molar-refractivity contribution in [3.05, 3.63) is 87.1 Å². The van der Waals surface area contributed by atoms with Gasteiger partial charge in [0.05, 0.1) is 0 Å². The molecule has 0 aliphatic carbocycles. The molecule has 4 heteroatoms. The van der Waals surface area contributed by atoms with Crippen LogP contribution < -0.4 is 4.74 Å². The average Bonchev–Trinajstić information content (AvgIpc) is 3.07. The summed E-state index contributed by atoms with van der Waals surface area (Å²) in [6, 6.07) is 17.4. The molecule has 1 atom stereocenters. The van der Waals surface area contributed by atoms with Crippen LogP contribution in [0.5, 0.6) is 5.75 Å². The predicted molar refractivity (Wildman–Crippen MR) is 111 cm³/mol. The Kier molecular flexibility index (Phi) is 6.09. The zero-order valence-corrected chi connectivity index (χ0v) is 16.2. The second-order valence-corrected chi connectivity index (χ2v) is 7.41. The summed E-state index contributed by atoms with van der Waals surface area (Å²) in [5.41, 5.74) is 4.17. The number of ether oxygens (including phenoxy) is 1. The molecule has 0 amide bonds. The topological polar surface area (TPSA) is 46.5 Å². The molecule has 138 valence electrons. The van der Waals surface area contributed by atoms with E-state index in [0.29, 0.717) is 12.2 Å². The lowest BCUT2D eigenvalue weighted by Gasteiger charge is -2.17. The van der Waals surface area contributed by atoms with E-state index in [9.17, 15) is 9.90 Å². The van der Waals surface area contributed by atoms with Crippen molar-refractivity contribution < 1.29 is 14.6 Å². The average molecular weight is 378 g/mol. The van der Waals surface area contributed by atoms with Gasteiger partial charge >= 0.3 is 5.97 Å². The summed E-state index contributed by atoms with van der Waals surface area (Å²) in [5, 5.41) is 11.6. The number of aryl methyl sites for hydroxylation is 2. The van der Waals surface area contributed by atoms with Crippen molar-refractivity contribution in [3.8, 4) is 5.75 Å². The molecule has 1 heterocycles. The maximum Gasteiger partial charge on any atom is 0.345 e. The summed E-state index contributed by atoms with van der Waals surface area (Å²) >= 11 is 1.71. The quantitative estimate of drug-likeness (QED) is 0.581. The molecule has 3 aromatic rings. The minimum absolute atomic E-state index is 0.328. The normalized spacial score (nSPS) is 12.2. The van der Waals surface area contributed by atoms with Crippen molar-refractivity contribution in [1.82, 2.24) is 0 Å². The maximum absolute atomic E-state index is 11.6. The Morgan fingerprint density at radius 2 is 1.85 bits per heavy atom. The lowest BCUT2D eigenvalue weighted by atomic mass is 10.1. The number of carboxylic acid groups (broad SMARTS) is 1. The number of hydrogen-bond acceptors (Lipinski definition) is 3. The Bertz CT molecular complexity index is 941. The fraction of sp³-hybridized carbons (Fsp3) is 0.174. The highest BCUT2D eigenvalue weighted by Gasteiger charge is 2.20. The van der Waals surface area contributed by atoms with E-state index in [2.05, 4.69) is 30.5 Å². The fourth-order valence-electron chi connectivity index (χ4n) is 2.80. The Morgan fingerprint density at radius 3 is 2.48 bits per heavy atom. The van der Waals surface area contributed by atoms with Gasteiger partial charge in [-0.15, -0.1) is 11.3 Å². The van der Waals surface area contributed by atoms with Crippen molar-refractivity contribution in [2.24, 2.45) is 0 Å². The van der Waals surface area contributed by atoms with E-state index >= 15 is 0 Å². The molecular formula is C23H22O3S. The molecule has 0 radical (unpaired) electrons. The molecule has 3 rings (SSSR count). The van der Waals surface area contributed by atoms with Crippen LogP contribution in [0.4, 0.5) is 0 Å². The molecule has 0 spiro atoms. The van der Waals surface area contributed by atoms with Gasteiger partial charge in [0, 0.05) is 11.3 Å². The number of rotatable bonds is 7. The monoisotopic (exact) mass is 378 g/mol. The highest BCUT2D eigenvalue weighted by atomic mass is 32.1. The third-order valence-electron chi connectivity index (χ3n) is 4.34. The van der Waals surface area contributed by atoms with Gasteiger partial charge in [0.2, 0.25) is 0 Å². The van der Waals surface area contributed by atoms with Gasteiger partial charge in [-0.05, 0) is 65.8 Å². The van der Waals surface area contributed by atoms with Gasteiger partial charge in [-0.1, -0.05) is 42.5 Å². The summed E-state index contributed by atoms with van der Waals surface area (Å²) in [6.45, 7) is 4.03. The first-order valence-corrected chi connectivity index (χ1v) is 9.67. The Balaban J connectivity index is 1.73. The SMILES string of the molecule is Cc1cc(/C=C/c2sccc2C)ccc1OC(Cc1ccccc1)C(=O)O. The first-order valence-electron chi connectivity index (χ1n) is 8.79. The largest absolute Gasteiger partial charge is 0.478 e. The lowest BCUT2D eigenvalue weighted by molar-refractivity contribution is -0.145. The fourth-order valence-corrected chi connectivity index (χ4v) is 3.62. The summed E-state index contributed by atoms with van der Waals surface area (Å²) < 4.78 is 5.81. The van der Waals surface area contributed by atoms with Crippen LogP contribution in [0.2, 0.25) is 0 Å². The van der Waals surface area contributed by atoms with E-state index in [-0.39, 0.29) is 0 Å². The molecule has 0 aliphatic rings. The maximum atomic E-state index is 11.6. The predicted octanol–water partition coefficient (Wildman–Crippen LogP) is 5.61.